The highest BCUT2D eigenvalue weighted by Gasteiger charge is 2.36. The lowest BCUT2D eigenvalue weighted by atomic mass is 10.1. The molecule has 0 bridgehead atoms. The number of thioether (sulfide) groups is 1. The molecule has 0 radical (unpaired) electrons. The van der Waals surface area contributed by atoms with E-state index in [1.165, 1.54) is 11.1 Å². The molecular formula is C25H22N2O3S. The molecule has 0 saturated heterocycles. The molecule has 1 N–H and O–H groups in total. The van der Waals surface area contributed by atoms with Crippen molar-refractivity contribution in [1.82, 2.24) is 0 Å². The summed E-state index contributed by atoms with van der Waals surface area (Å²) in [4.78, 5) is 40.0. The summed E-state index contributed by atoms with van der Waals surface area (Å²) in [5, 5.41) is 2.86. The van der Waals surface area contributed by atoms with Crippen LogP contribution >= 0.6 is 11.8 Å². The van der Waals surface area contributed by atoms with Gasteiger partial charge in [-0.05, 0) is 67.4 Å². The molecule has 3 aromatic carbocycles. The Bertz CT molecular complexity index is 1150. The monoisotopic (exact) mass is 430 g/mol. The number of nitrogens with one attached hydrogen (secondary N) is 1. The molecule has 3 aromatic rings. The summed E-state index contributed by atoms with van der Waals surface area (Å²) in [5.41, 5.74) is 4.26. The highest BCUT2D eigenvalue weighted by Crippen LogP contribution is 2.30. The summed E-state index contributed by atoms with van der Waals surface area (Å²) in [5.74, 6) is -0.162. The molecule has 0 aromatic heterocycles. The average molecular weight is 431 g/mol. The van der Waals surface area contributed by atoms with Crippen LogP contribution in [0.5, 0.6) is 0 Å². The lowest BCUT2D eigenvalue weighted by molar-refractivity contribution is -0.115. The van der Waals surface area contributed by atoms with Gasteiger partial charge >= 0.3 is 0 Å². The number of hydrogen-bond donors (Lipinski definition) is 1. The van der Waals surface area contributed by atoms with E-state index in [1.807, 2.05) is 0 Å². The van der Waals surface area contributed by atoms with Gasteiger partial charge in [0.1, 0.15) is 0 Å². The molecule has 1 aliphatic rings. The van der Waals surface area contributed by atoms with Crippen LogP contribution in [0.2, 0.25) is 0 Å². The molecule has 3 amide bonds. The molecule has 0 atom stereocenters. The standard InChI is InChI=1S/C25H22N2O3S/c1-16-10-11-20(14-17(16)2)31-13-12-23(28)26-18-6-5-7-19(15-18)27-24(29)21-8-3-4-9-22(21)25(27)30/h3-11,14-15H,12-13H2,1-2H3,(H,26,28). The van der Waals surface area contributed by atoms with Gasteiger partial charge in [0, 0.05) is 22.8 Å². The first-order valence-electron chi connectivity index (χ1n) is 10.0. The third kappa shape index (κ3) is 4.39. The maximum absolute atomic E-state index is 12.7. The summed E-state index contributed by atoms with van der Waals surface area (Å²) in [6.45, 7) is 4.15. The predicted molar refractivity (Wildman–Crippen MR) is 124 cm³/mol. The van der Waals surface area contributed by atoms with Crippen LogP contribution < -0.4 is 10.2 Å². The third-order valence-electron chi connectivity index (χ3n) is 5.26. The van der Waals surface area contributed by atoms with Crippen LogP contribution in [0, 0.1) is 13.8 Å². The number of rotatable bonds is 6. The minimum absolute atomic E-state index is 0.115. The van der Waals surface area contributed by atoms with E-state index in [2.05, 4.69) is 37.4 Å². The van der Waals surface area contributed by atoms with Crippen molar-refractivity contribution in [3.63, 3.8) is 0 Å². The molecule has 0 spiro atoms. The highest BCUT2D eigenvalue weighted by atomic mass is 32.2. The predicted octanol–water partition coefficient (Wildman–Crippen LogP) is 5.22. The summed E-state index contributed by atoms with van der Waals surface area (Å²) >= 11 is 1.64. The van der Waals surface area contributed by atoms with E-state index in [4.69, 9.17) is 0 Å². The molecule has 1 heterocycles. The molecule has 156 valence electrons. The van der Waals surface area contributed by atoms with Crippen molar-refractivity contribution in [3.05, 3.63) is 89.0 Å². The van der Waals surface area contributed by atoms with Gasteiger partial charge in [-0.1, -0.05) is 24.3 Å². The number of aryl methyl sites for hydroxylation is 2. The minimum atomic E-state index is -0.353. The normalized spacial score (nSPS) is 12.8. The van der Waals surface area contributed by atoms with Crippen LogP contribution in [-0.2, 0) is 4.79 Å². The SMILES string of the molecule is Cc1ccc(SCCC(=O)Nc2cccc(N3C(=O)c4ccccc4C3=O)c2)cc1C. The van der Waals surface area contributed by atoms with Crippen LogP contribution in [0.1, 0.15) is 38.3 Å². The number of carbonyl (C=O) groups is 3. The zero-order valence-corrected chi connectivity index (χ0v) is 18.2. The van der Waals surface area contributed by atoms with Gasteiger partial charge < -0.3 is 5.32 Å². The smallest absolute Gasteiger partial charge is 0.266 e. The fourth-order valence-electron chi connectivity index (χ4n) is 3.44. The van der Waals surface area contributed by atoms with Gasteiger partial charge in [-0.15, -0.1) is 11.8 Å². The molecule has 0 fully saturated rings. The van der Waals surface area contributed by atoms with Crippen molar-refractivity contribution >= 4 is 40.9 Å². The van der Waals surface area contributed by atoms with E-state index in [-0.39, 0.29) is 17.7 Å². The zero-order valence-electron chi connectivity index (χ0n) is 17.3. The van der Waals surface area contributed by atoms with Gasteiger partial charge in [-0.3, -0.25) is 14.4 Å². The molecule has 31 heavy (non-hydrogen) atoms. The molecule has 1 aliphatic heterocycles. The largest absolute Gasteiger partial charge is 0.326 e. The summed E-state index contributed by atoms with van der Waals surface area (Å²) in [7, 11) is 0. The van der Waals surface area contributed by atoms with Crippen LogP contribution in [0.15, 0.2) is 71.6 Å². The van der Waals surface area contributed by atoms with Crippen molar-refractivity contribution < 1.29 is 14.4 Å². The van der Waals surface area contributed by atoms with Crippen molar-refractivity contribution in [1.29, 1.82) is 0 Å². The zero-order chi connectivity index (χ0) is 22.0. The van der Waals surface area contributed by atoms with E-state index in [0.717, 1.165) is 9.80 Å². The Morgan fingerprint density at radius 3 is 2.26 bits per heavy atom. The van der Waals surface area contributed by atoms with Gasteiger partial charge in [-0.2, -0.15) is 0 Å². The fourth-order valence-corrected chi connectivity index (χ4v) is 4.38. The summed E-state index contributed by atoms with van der Waals surface area (Å²) < 4.78 is 0. The Hall–Kier alpha value is -3.38. The summed E-state index contributed by atoms with van der Waals surface area (Å²) in [6, 6.07) is 19.8. The summed E-state index contributed by atoms with van der Waals surface area (Å²) in [6.07, 6.45) is 0.356. The number of carbonyl (C=O) groups excluding carboxylic acids is 3. The van der Waals surface area contributed by atoms with Crippen molar-refractivity contribution in [3.8, 4) is 0 Å². The van der Waals surface area contributed by atoms with Crippen LogP contribution in [0.4, 0.5) is 11.4 Å². The van der Waals surface area contributed by atoms with E-state index in [1.54, 1.807) is 60.3 Å². The average Bonchev–Trinajstić information content (AvgIpc) is 3.01. The highest BCUT2D eigenvalue weighted by molar-refractivity contribution is 7.99. The number of imide groups is 1. The van der Waals surface area contributed by atoms with Gasteiger partial charge in [0.15, 0.2) is 0 Å². The van der Waals surface area contributed by atoms with Crippen LogP contribution in [0.25, 0.3) is 0 Å². The first-order chi connectivity index (χ1) is 14.9. The first kappa shape index (κ1) is 20.9. The maximum atomic E-state index is 12.7. The maximum Gasteiger partial charge on any atom is 0.266 e. The van der Waals surface area contributed by atoms with E-state index in [9.17, 15) is 14.4 Å². The fraction of sp³-hybridized carbons (Fsp3) is 0.160. The molecule has 0 saturated carbocycles. The molecule has 6 heteroatoms. The first-order valence-corrected chi connectivity index (χ1v) is 11.0. The van der Waals surface area contributed by atoms with Crippen LogP contribution in [0.3, 0.4) is 0 Å². The van der Waals surface area contributed by atoms with E-state index in [0.29, 0.717) is 34.7 Å². The second-order valence-corrected chi connectivity index (χ2v) is 8.60. The number of amides is 3. The van der Waals surface area contributed by atoms with Crippen molar-refractivity contribution in [2.24, 2.45) is 0 Å². The number of fused-ring (bicyclic) bond motifs is 1. The molecular weight excluding hydrogens is 408 g/mol. The minimum Gasteiger partial charge on any atom is -0.326 e. The van der Waals surface area contributed by atoms with E-state index >= 15 is 0 Å². The van der Waals surface area contributed by atoms with Crippen LogP contribution in [-0.4, -0.2) is 23.5 Å². The number of benzene rings is 3. The molecule has 0 aliphatic carbocycles. The van der Waals surface area contributed by atoms with E-state index < -0.39 is 0 Å². The van der Waals surface area contributed by atoms with Gasteiger partial charge in [0.05, 0.1) is 16.8 Å². The molecule has 5 nitrogen and oxygen atoms in total. The Balaban J connectivity index is 1.39. The van der Waals surface area contributed by atoms with Gasteiger partial charge in [0.25, 0.3) is 11.8 Å². The lowest BCUT2D eigenvalue weighted by Gasteiger charge is -2.15. The van der Waals surface area contributed by atoms with Gasteiger partial charge in [-0.25, -0.2) is 4.90 Å². The Labute approximate surface area is 185 Å². The molecule has 4 rings (SSSR count). The van der Waals surface area contributed by atoms with Crippen molar-refractivity contribution in [2.75, 3.05) is 16.0 Å². The topological polar surface area (TPSA) is 66.5 Å². The number of anilines is 2. The van der Waals surface area contributed by atoms with Crippen molar-refractivity contribution in [2.45, 2.75) is 25.2 Å². The second kappa shape index (κ2) is 8.78. The Morgan fingerprint density at radius 2 is 1.58 bits per heavy atom. The van der Waals surface area contributed by atoms with Gasteiger partial charge in [0.2, 0.25) is 5.91 Å². The number of hydrogen-bond acceptors (Lipinski definition) is 4. The number of nitrogens with zero attached hydrogens (tertiary/aromatic N) is 1. The lowest BCUT2D eigenvalue weighted by Crippen LogP contribution is -2.29. The Kier molecular flexibility index (Phi) is 5.91. The molecule has 0 unspecified atom stereocenters. The quantitative estimate of drug-likeness (QED) is 0.430. The Morgan fingerprint density at radius 1 is 0.871 bits per heavy atom. The third-order valence-corrected chi connectivity index (χ3v) is 6.25. The second-order valence-electron chi connectivity index (χ2n) is 7.43.